The van der Waals surface area contributed by atoms with Gasteiger partial charge < -0.3 is 4.90 Å². The van der Waals surface area contributed by atoms with Crippen molar-refractivity contribution in [1.29, 1.82) is 0 Å². The van der Waals surface area contributed by atoms with Crippen molar-refractivity contribution < 1.29 is 4.79 Å². The fourth-order valence-corrected chi connectivity index (χ4v) is 2.77. The molecular formula is C13H24BrNO. The van der Waals surface area contributed by atoms with Gasteiger partial charge in [0.15, 0.2) is 0 Å². The lowest BCUT2D eigenvalue weighted by molar-refractivity contribution is -0.135. The molecule has 0 aromatic carbocycles. The quantitative estimate of drug-likeness (QED) is 0.727. The molecule has 2 nitrogen and oxygen atoms in total. The van der Waals surface area contributed by atoms with Gasteiger partial charge in [0.2, 0.25) is 5.91 Å². The summed E-state index contributed by atoms with van der Waals surface area (Å²) < 4.78 is -0.411. The second kappa shape index (κ2) is 5.07. The van der Waals surface area contributed by atoms with Crippen molar-refractivity contribution in [3.8, 4) is 0 Å². The molecule has 1 aliphatic heterocycles. The van der Waals surface area contributed by atoms with Gasteiger partial charge in [0.25, 0.3) is 0 Å². The summed E-state index contributed by atoms with van der Waals surface area (Å²) in [4.78, 5) is 14.1. The molecule has 0 unspecified atom stereocenters. The summed E-state index contributed by atoms with van der Waals surface area (Å²) in [5.41, 5.74) is 0.493. The number of halogens is 1. The van der Waals surface area contributed by atoms with E-state index >= 15 is 0 Å². The van der Waals surface area contributed by atoms with Gasteiger partial charge in [0.05, 0.1) is 4.32 Å². The first-order valence-corrected chi connectivity index (χ1v) is 7.12. The Balaban J connectivity index is 2.59. The number of amides is 1. The van der Waals surface area contributed by atoms with Gasteiger partial charge in [0.1, 0.15) is 0 Å². The predicted octanol–water partition coefficient (Wildman–Crippen LogP) is 3.59. The van der Waals surface area contributed by atoms with Crippen LogP contribution in [0.5, 0.6) is 0 Å². The summed E-state index contributed by atoms with van der Waals surface area (Å²) in [6.07, 6.45) is 4.80. The third-order valence-corrected chi connectivity index (χ3v) is 4.46. The highest BCUT2D eigenvalue weighted by molar-refractivity contribution is 9.10. The van der Waals surface area contributed by atoms with Gasteiger partial charge in [-0.15, -0.1) is 0 Å². The van der Waals surface area contributed by atoms with Gasteiger partial charge >= 0.3 is 0 Å². The van der Waals surface area contributed by atoms with Crippen LogP contribution in [0.25, 0.3) is 0 Å². The van der Waals surface area contributed by atoms with E-state index in [0.29, 0.717) is 5.41 Å². The molecule has 1 rings (SSSR count). The highest BCUT2D eigenvalue weighted by Crippen LogP contribution is 2.38. The van der Waals surface area contributed by atoms with Crippen LogP contribution in [0.1, 0.15) is 53.4 Å². The first-order chi connectivity index (χ1) is 7.34. The molecule has 0 saturated carbocycles. The molecule has 1 aliphatic rings. The third-order valence-electron chi connectivity index (χ3n) is 4.12. The Hall–Kier alpha value is -0.0500. The number of hydrogen-bond acceptors (Lipinski definition) is 1. The lowest BCUT2D eigenvalue weighted by atomic mass is 9.74. The molecule has 0 aromatic rings. The summed E-state index contributed by atoms with van der Waals surface area (Å²) in [6, 6.07) is 0. The van der Waals surface area contributed by atoms with Crippen molar-refractivity contribution in [2.75, 3.05) is 13.1 Å². The summed E-state index contributed by atoms with van der Waals surface area (Å²) in [5.74, 6) is 0.230. The van der Waals surface area contributed by atoms with Crippen molar-refractivity contribution in [1.82, 2.24) is 4.90 Å². The Morgan fingerprint density at radius 2 is 1.69 bits per heavy atom. The second-order valence-corrected chi connectivity index (χ2v) is 7.45. The maximum atomic E-state index is 12.1. The van der Waals surface area contributed by atoms with E-state index in [4.69, 9.17) is 0 Å². The summed E-state index contributed by atoms with van der Waals surface area (Å²) in [6.45, 7) is 10.3. The molecule has 0 N–H and O–H groups in total. The molecule has 16 heavy (non-hydrogen) atoms. The smallest absolute Gasteiger partial charge is 0.238 e. The largest absolute Gasteiger partial charge is 0.341 e. The van der Waals surface area contributed by atoms with Crippen molar-refractivity contribution >= 4 is 21.8 Å². The number of alkyl halides is 1. The van der Waals surface area contributed by atoms with Crippen LogP contribution in [0.2, 0.25) is 0 Å². The van der Waals surface area contributed by atoms with Crippen molar-refractivity contribution in [2.24, 2.45) is 5.41 Å². The number of carbonyl (C=O) groups excluding carboxylic acids is 1. The molecule has 0 radical (unpaired) electrons. The minimum Gasteiger partial charge on any atom is -0.341 e. The van der Waals surface area contributed by atoms with Crippen molar-refractivity contribution in [3.63, 3.8) is 0 Å². The number of likely N-dealkylation sites (tertiary alicyclic amines) is 1. The van der Waals surface area contributed by atoms with Gasteiger partial charge in [-0.05, 0) is 32.1 Å². The highest BCUT2D eigenvalue weighted by Gasteiger charge is 2.36. The molecule has 94 valence electrons. The summed E-state index contributed by atoms with van der Waals surface area (Å²) in [5, 5.41) is 0. The van der Waals surface area contributed by atoms with Gasteiger partial charge in [-0.2, -0.15) is 0 Å². The lowest BCUT2D eigenvalue weighted by Gasteiger charge is -2.42. The van der Waals surface area contributed by atoms with Crippen LogP contribution in [0, 0.1) is 5.41 Å². The molecule has 3 heteroatoms. The maximum Gasteiger partial charge on any atom is 0.238 e. The molecule has 0 spiro atoms. The first kappa shape index (κ1) is 14.0. The van der Waals surface area contributed by atoms with E-state index < -0.39 is 4.32 Å². The molecule has 1 saturated heterocycles. The normalized spacial score (nSPS) is 20.9. The van der Waals surface area contributed by atoms with E-state index in [2.05, 4.69) is 29.8 Å². The van der Waals surface area contributed by atoms with Crippen molar-refractivity contribution in [2.45, 2.75) is 57.7 Å². The average Bonchev–Trinajstić information content (AvgIpc) is 2.27. The molecule has 0 atom stereocenters. The van der Waals surface area contributed by atoms with Gasteiger partial charge in [-0.3, -0.25) is 4.79 Å². The SMILES string of the molecule is CCC1(CC)CCN(C(=O)C(C)(C)Br)CC1. The Morgan fingerprint density at radius 1 is 1.25 bits per heavy atom. The zero-order valence-corrected chi connectivity index (χ0v) is 12.6. The number of piperidine rings is 1. The number of nitrogens with zero attached hydrogens (tertiary/aromatic N) is 1. The van der Waals surface area contributed by atoms with Crippen LogP contribution >= 0.6 is 15.9 Å². The zero-order chi connectivity index (χ0) is 12.4. The third kappa shape index (κ3) is 2.99. The van der Waals surface area contributed by atoms with Crippen LogP contribution in [-0.2, 0) is 4.79 Å². The second-order valence-electron chi connectivity index (χ2n) is 5.47. The Labute approximate surface area is 108 Å². The van der Waals surface area contributed by atoms with E-state index in [1.165, 1.54) is 12.8 Å². The minimum atomic E-state index is -0.411. The number of hydrogen-bond donors (Lipinski definition) is 0. The van der Waals surface area contributed by atoms with Crippen LogP contribution < -0.4 is 0 Å². The lowest BCUT2D eigenvalue weighted by Crippen LogP contribution is -2.48. The molecule has 0 bridgehead atoms. The van der Waals surface area contributed by atoms with E-state index in [9.17, 15) is 4.79 Å². The number of carbonyl (C=O) groups is 1. The average molecular weight is 290 g/mol. The molecule has 0 aromatic heterocycles. The first-order valence-electron chi connectivity index (χ1n) is 6.33. The molecule has 0 aliphatic carbocycles. The molecule has 1 fully saturated rings. The van der Waals surface area contributed by atoms with Crippen LogP contribution in [-0.4, -0.2) is 28.2 Å². The molecule has 1 amide bonds. The van der Waals surface area contributed by atoms with Gasteiger partial charge in [0, 0.05) is 13.1 Å². The van der Waals surface area contributed by atoms with Crippen LogP contribution in [0.15, 0.2) is 0 Å². The van der Waals surface area contributed by atoms with Gasteiger partial charge in [-0.1, -0.05) is 42.6 Å². The van der Waals surface area contributed by atoms with E-state index in [-0.39, 0.29) is 5.91 Å². The number of rotatable bonds is 3. The molecule has 1 heterocycles. The Bertz CT molecular complexity index is 243. The fraction of sp³-hybridized carbons (Fsp3) is 0.923. The minimum absolute atomic E-state index is 0.230. The summed E-state index contributed by atoms with van der Waals surface area (Å²) >= 11 is 3.45. The maximum absolute atomic E-state index is 12.1. The van der Waals surface area contributed by atoms with Crippen LogP contribution in [0.3, 0.4) is 0 Å². The standard InChI is InChI=1S/C13H24BrNO/c1-5-13(6-2)7-9-15(10-8-13)11(16)12(3,4)14/h5-10H2,1-4H3. The highest BCUT2D eigenvalue weighted by atomic mass is 79.9. The Morgan fingerprint density at radius 3 is 2.00 bits per heavy atom. The topological polar surface area (TPSA) is 20.3 Å². The Kier molecular flexibility index (Phi) is 4.44. The fourth-order valence-electron chi connectivity index (χ4n) is 2.52. The van der Waals surface area contributed by atoms with E-state index in [0.717, 1.165) is 25.9 Å². The zero-order valence-electron chi connectivity index (χ0n) is 11.0. The van der Waals surface area contributed by atoms with Crippen LogP contribution in [0.4, 0.5) is 0 Å². The van der Waals surface area contributed by atoms with Crippen molar-refractivity contribution in [3.05, 3.63) is 0 Å². The monoisotopic (exact) mass is 289 g/mol. The van der Waals surface area contributed by atoms with E-state index in [1.807, 2.05) is 18.7 Å². The van der Waals surface area contributed by atoms with Gasteiger partial charge in [-0.25, -0.2) is 0 Å². The van der Waals surface area contributed by atoms with E-state index in [1.54, 1.807) is 0 Å². The summed E-state index contributed by atoms with van der Waals surface area (Å²) in [7, 11) is 0. The predicted molar refractivity (Wildman–Crippen MR) is 71.8 cm³/mol. The molecular weight excluding hydrogens is 266 g/mol.